The van der Waals surface area contributed by atoms with Crippen molar-refractivity contribution in [3.05, 3.63) is 0 Å². The van der Waals surface area contributed by atoms with Crippen LogP contribution in [0.4, 0.5) is 4.39 Å². The lowest BCUT2D eigenvalue weighted by molar-refractivity contribution is 0.217. The van der Waals surface area contributed by atoms with Crippen LogP contribution in [-0.2, 0) is 0 Å². The van der Waals surface area contributed by atoms with Gasteiger partial charge in [0.2, 0.25) is 0 Å². The topological polar surface area (TPSA) is 27.0 Å². The number of nitrogens with zero attached hydrogens (tertiary/aromatic N) is 2. The second-order valence-corrected chi connectivity index (χ2v) is 2.53. The Morgan fingerprint density at radius 1 is 1.60 bits per heavy atom. The van der Waals surface area contributed by atoms with E-state index in [0.717, 1.165) is 0 Å². The van der Waals surface area contributed by atoms with E-state index in [-0.39, 0.29) is 6.04 Å². The summed E-state index contributed by atoms with van der Waals surface area (Å²) in [6, 6.07) is 1.83. The summed E-state index contributed by atoms with van der Waals surface area (Å²) < 4.78 is 12.3. The smallest absolute Gasteiger partial charge is 0.110 e. The van der Waals surface area contributed by atoms with Gasteiger partial charge in [-0.1, -0.05) is 0 Å². The molecule has 0 fully saturated rings. The van der Waals surface area contributed by atoms with Crippen LogP contribution in [0, 0.1) is 11.3 Å². The van der Waals surface area contributed by atoms with Crippen LogP contribution < -0.4 is 0 Å². The summed E-state index contributed by atoms with van der Waals surface area (Å²) in [7, 11) is 1.74. The highest BCUT2D eigenvalue weighted by atomic mass is 19.1. The molecule has 0 N–H and O–H groups in total. The van der Waals surface area contributed by atoms with Crippen LogP contribution in [0.15, 0.2) is 0 Å². The third kappa shape index (κ3) is 3.41. The minimum atomic E-state index is -0.860. The summed E-state index contributed by atoms with van der Waals surface area (Å²) in [6.45, 7) is 3.57. The Morgan fingerprint density at radius 3 is 2.40 bits per heavy atom. The van der Waals surface area contributed by atoms with E-state index in [2.05, 4.69) is 0 Å². The second-order valence-electron chi connectivity index (χ2n) is 2.53. The maximum absolute atomic E-state index is 12.3. The van der Waals surface area contributed by atoms with E-state index < -0.39 is 6.17 Å². The fourth-order valence-corrected chi connectivity index (χ4v) is 0.654. The largest absolute Gasteiger partial charge is 0.288 e. The number of alkyl halides is 1. The highest BCUT2D eigenvalue weighted by Crippen LogP contribution is 1.97. The monoisotopic (exact) mass is 144 g/mol. The molecule has 0 saturated heterocycles. The van der Waals surface area contributed by atoms with Gasteiger partial charge < -0.3 is 0 Å². The minimum absolute atomic E-state index is 0.196. The van der Waals surface area contributed by atoms with E-state index in [9.17, 15) is 4.39 Å². The normalized spacial score (nSPS) is 16.4. The zero-order valence-corrected chi connectivity index (χ0v) is 6.63. The van der Waals surface area contributed by atoms with Crippen molar-refractivity contribution in [2.45, 2.75) is 26.1 Å². The van der Waals surface area contributed by atoms with Crippen molar-refractivity contribution in [1.29, 1.82) is 5.26 Å². The highest BCUT2D eigenvalue weighted by molar-refractivity contribution is 4.86. The van der Waals surface area contributed by atoms with Crippen LogP contribution in [-0.4, -0.2) is 30.7 Å². The predicted molar refractivity (Wildman–Crippen MR) is 38.3 cm³/mol. The van der Waals surface area contributed by atoms with E-state index in [0.29, 0.717) is 6.54 Å². The molecule has 2 atom stereocenters. The first kappa shape index (κ1) is 9.38. The SMILES string of the molecule is C[C@H](F)CN(C)[C@@H](C)C#N. The van der Waals surface area contributed by atoms with Crippen LogP contribution in [0.2, 0.25) is 0 Å². The molecule has 3 heteroatoms. The molecule has 0 bridgehead atoms. The van der Waals surface area contributed by atoms with Gasteiger partial charge in [0.15, 0.2) is 0 Å². The molecule has 0 aliphatic carbocycles. The zero-order valence-electron chi connectivity index (χ0n) is 6.63. The summed E-state index contributed by atoms with van der Waals surface area (Å²) in [4.78, 5) is 1.69. The van der Waals surface area contributed by atoms with Crippen LogP contribution in [0.1, 0.15) is 13.8 Å². The maximum Gasteiger partial charge on any atom is 0.110 e. The highest BCUT2D eigenvalue weighted by Gasteiger charge is 2.09. The van der Waals surface area contributed by atoms with Gasteiger partial charge in [-0.15, -0.1) is 0 Å². The van der Waals surface area contributed by atoms with Crippen LogP contribution in [0.3, 0.4) is 0 Å². The standard InChI is InChI=1S/C7H13FN2/c1-6(8)5-10(3)7(2)4-9/h6-7H,5H2,1-3H3/t6-,7-/m0/s1. The molecule has 0 heterocycles. The van der Waals surface area contributed by atoms with Gasteiger partial charge in [0.05, 0.1) is 12.1 Å². The molecule has 0 unspecified atom stereocenters. The van der Waals surface area contributed by atoms with Crippen molar-refractivity contribution >= 4 is 0 Å². The fraction of sp³-hybridized carbons (Fsp3) is 0.857. The summed E-state index contributed by atoms with van der Waals surface area (Å²) >= 11 is 0. The Kier molecular flexibility index (Phi) is 3.97. The third-order valence-electron chi connectivity index (χ3n) is 1.39. The number of hydrogen-bond donors (Lipinski definition) is 0. The van der Waals surface area contributed by atoms with Gasteiger partial charge in [-0.3, -0.25) is 4.90 Å². The Labute approximate surface area is 61.2 Å². The fourth-order valence-electron chi connectivity index (χ4n) is 0.654. The van der Waals surface area contributed by atoms with E-state index >= 15 is 0 Å². The van der Waals surface area contributed by atoms with Crippen molar-refractivity contribution in [1.82, 2.24) is 4.90 Å². The van der Waals surface area contributed by atoms with Crippen LogP contribution in [0.25, 0.3) is 0 Å². The Bertz CT molecular complexity index is 128. The van der Waals surface area contributed by atoms with Crippen molar-refractivity contribution in [2.24, 2.45) is 0 Å². The molecule has 2 nitrogen and oxygen atoms in total. The van der Waals surface area contributed by atoms with E-state index in [4.69, 9.17) is 5.26 Å². The van der Waals surface area contributed by atoms with E-state index in [1.54, 1.807) is 18.9 Å². The summed E-state index contributed by atoms with van der Waals surface area (Å²) in [5.74, 6) is 0. The molecule has 0 aromatic carbocycles. The minimum Gasteiger partial charge on any atom is -0.288 e. The number of rotatable bonds is 3. The lowest BCUT2D eigenvalue weighted by Crippen LogP contribution is -2.32. The van der Waals surface area contributed by atoms with Gasteiger partial charge in [-0.05, 0) is 20.9 Å². The van der Waals surface area contributed by atoms with Crippen LogP contribution >= 0.6 is 0 Å². The third-order valence-corrected chi connectivity index (χ3v) is 1.39. The molecule has 0 aromatic heterocycles. The zero-order chi connectivity index (χ0) is 8.15. The van der Waals surface area contributed by atoms with E-state index in [1.165, 1.54) is 6.92 Å². The molecule has 0 aliphatic heterocycles. The molecule has 0 aromatic rings. The van der Waals surface area contributed by atoms with E-state index in [1.807, 2.05) is 6.07 Å². The first-order valence-electron chi connectivity index (χ1n) is 3.32. The molecule has 0 rings (SSSR count). The molecule has 10 heavy (non-hydrogen) atoms. The first-order chi connectivity index (χ1) is 4.57. The lowest BCUT2D eigenvalue weighted by atomic mass is 10.3. The van der Waals surface area contributed by atoms with Gasteiger partial charge >= 0.3 is 0 Å². The Balaban J connectivity index is 3.64. The lowest BCUT2D eigenvalue weighted by Gasteiger charge is -2.18. The molecule has 0 saturated carbocycles. The number of nitriles is 1. The quantitative estimate of drug-likeness (QED) is 0.595. The molecule has 0 aliphatic rings. The van der Waals surface area contributed by atoms with Gasteiger partial charge in [-0.25, -0.2) is 4.39 Å². The summed E-state index contributed by atoms with van der Waals surface area (Å²) in [5.41, 5.74) is 0. The predicted octanol–water partition coefficient (Wildman–Crippen LogP) is 1.19. The van der Waals surface area contributed by atoms with Crippen molar-refractivity contribution in [3.63, 3.8) is 0 Å². The number of halogens is 1. The molecule has 58 valence electrons. The molecular formula is C7H13FN2. The van der Waals surface area contributed by atoms with Crippen molar-refractivity contribution in [3.8, 4) is 6.07 Å². The van der Waals surface area contributed by atoms with Crippen molar-refractivity contribution < 1.29 is 4.39 Å². The van der Waals surface area contributed by atoms with Gasteiger partial charge in [0.25, 0.3) is 0 Å². The average molecular weight is 144 g/mol. The Hall–Kier alpha value is -0.620. The van der Waals surface area contributed by atoms with Gasteiger partial charge in [0.1, 0.15) is 6.17 Å². The van der Waals surface area contributed by atoms with Crippen LogP contribution in [0.5, 0.6) is 0 Å². The summed E-state index contributed by atoms with van der Waals surface area (Å²) in [5, 5.41) is 8.40. The molecule has 0 amide bonds. The maximum atomic E-state index is 12.3. The molecular weight excluding hydrogens is 131 g/mol. The van der Waals surface area contributed by atoms with Gasteiger partial charge in [-0.2, -0.15) is 5.26 Å². The summed E-state index contributed by atoms with van der Waals surface area (Å²) in [6.07, 6.45) is -0.860. The second kappa shape index (κ2) is 4.24. The average Bonchev–Trinajstić information content (AvgIpc) is 1.85. The number of hydrogen-bond acceptors (Lipinski definition) is 2. The van der Waals surface area contributed by atoms with Crippen molar-refractivity contribution in [2.75, 3.05) is 13.6 Å². The molecule has 0 radical (unpaired) electrons. The molecule has 0 spiro atoms. The van der Waals surface area contributed by atoms with Gasteiger partial charge in [0, 0.05) is 6.54 Å². The first-order valence-corrected chi connectivity index (χ1v) is 3.32. The Morgan fingerprint density at radius 2 is 2.10 bits per heavy atom.